The monoisotopic (exact) mass is 641 g/mol. The molecule has 2 bridgehead atoms. The first-order chi connectivity index (χ1) is 22.9. The number of nitrogens with one attached hydrogen (secondary N) is 1. The first kappa shape index (κ1) is 29.5. The van der Waals surface area contributed by atoms with Crippen LogP contribution < -0.4 is 15.0 Å². The maximum absolute atomic E-state index is 17.6. The molecule has 0 unspecified atom stereocenters. The number of aromatic hydroxyl groups is 1. The normalized spacial score (nSPS) is 28.0. The molecule has 47 heavy (non-hydrogen) atoms. The summed E-state index contributed by atoms with van der Waals surface area (Å²) in [6.07, 6.45) is 5.20. The second-order valence-electron chi connectivity index (χ2n) is 14.4. The maximum Gasteiger partial charge on any atom is 0.319 e. The highest BCUT2D eigenvalue weighted by Crippen LogP contribution is 2.46. The van der Waals surface area contributed by atoms with E-state index in [4.69, 9.17) is 19.4 Å². The molecule has 5 saturated heterocycles. The van der Waals surface area contributed by atoms with E-state index in [0.29, 0.717) is 60.6 Å². The molecular weight excluding hydrogens is 600 g/mol. The molecule has 6 heterocycles. The van der Waals surface area contributed by atoms with E-state index in [2.05, 4.69) is 21.2 Å². The number of nitrogens with zero attached hydrogens (tertiary/aromatic N) is 4. The van der Waals surface area contributed by atoms with E-state index in [9.17, 15) is 9.50 Å². The number of anilines is 1. The van der Waals surface area contributed by atoms with Crippen molar-refractivity contribution in [3.05, 3.63) is 53.8 Å². The topological polar surface area (TPSA) is 83.0 Å². The van der Waals surface area contributed by atoms with Crippen LogP contribution in [0.2, 0.25) is 0 Å². The molecule has 4 atom stereocenters. The maximum atomic E-state index is 17.6. The van der Waals surface area contributed by atoms with Crippen LogP contribution in [0.3, 0.4) is 0 Å². The zero-order valence-electron chi connectivity index (χ0n) is 26.6. The molecule has 5 aliphatic heterocycles. The number of phenols is 1. The Morgan fingerprint density at radius 2 is 1.81 bits per heavy atom. The molecule has 9 rings (SSSR count). The standard InChI is InChI=1S/C37H41F2N5O3/c38-24-17-37(10-3-11-44(37)18-24)21-47-36-41-34-31(35(42-36)43-19-25-6-7-26(20-43)40-25)16-29(22-8-12-46-13-9-22)32(33(34)39)30-15-27(45)14-23-4-1-2-5-28(23)30/h1-2,4-5,14-16,22,24-26,40,45H,3,6-13,17-21H2/t24-,25-,26+,37+/m1/s1. The SMILES string of the molecule is Oc1cc(-c2c(C3CCOCC3)cc3c(N4C[C@H]5CC[C@@H](C4)N5)nc(OC[C@@]45CCCN4C[C@H](F)C5)nc3c2F)c2ccccc2c1. The molecule has 3 aromatic carbocycles. The fourth-order valence-electron chi connectivity index (χ4n) is 9.24. The Kier molecular flexibility index (Phi) is 7.24. The summed E-state index contributed by atoms with van der Waals surface area (Å²) in [5.74, 6) is 0.420. The molecule has 0 amide bonds. The molecule has 0 saturated carbocycles. The van der Waals surface area contributed by atoms with Gasteiger partial charge in [0.1, 0.15) is 29.9 Å². The lowest BCUT2D eigenvalue weighted by atomic mass is 9.83. The van der Waals surface area contributed by atoms with Gasteiger partial charge in [0.25, 0.3) is 0 Å². The molecule has 246 valence electrons. The molecule has 1 aromatic heterocycles. The average Bonchev–Trinajstić information content (AvgIpc) is 3.73. The Morgan fingerprint density at radius 1 is 1.00 bits per heavy atom. The number of aromatic nitrogens is 2. The van der Waals surface area contributed by atoms with Crippen molar-refractivity contribution in [1.82, 2.24) is 20.2 Å². The number of alkyl halides is 1. The van der Waals surface area contributed by atoms with E-state index >= 15 is 4.39 Å². The highest BCUT2D eigenvalue weighted by atomic mass is 19.1. The minimum atomic E-state index is -0.871. The van der Waals surface area contributed by atoms with Crippen molar-refractivity contribution in [2.45, 2.75) is 74.7 Å². The van der Waals surface area contributed by atoms with Gasteiger partial charge in [-0.05, 0) is 91.1 Å². The van der Waals surface area contributed by atoms with Gasteiger partial charge in [0.2, 0.25) is 0 Å². The van der Waals surface area contributed by atoms with Crippen LogP contribution in [0.1, 0.15) is 56.4 Å². The summed E-state index contributed by atoms with van der Waals surface area (Å²) in [4.78, 5) is 14.3. The number of phenolic OH excluding ortho intramolecular Hbond substituents is 1. The van der Waals surface area contributed by atoms with Gasteiger partial charge in [0.05, 0.1) is 5.54 Å². The van der Waals surface area contributed by atoms with Crippen LogP contribution in [-0.2, 0) is 4.74 Å². The van der Waals surface area contributed by atoms with E-state index in [0.717, 1.165) is 74.5 Å². The number of benzene rings is 3. The minimum Gasteiger partial charge on any atom is -0.508 e. The molecule has 5 aliphatic rings. The van der Waals surface area contributed by atoms with Crippen LogP contribution in [-0.4, -0.2) is 89.8 Å². The molecule has 10 heteroatoms. The summed E-state index contributed by atoms with van der Waals surface area (Å²) in [6.45, 7) is 4.34. The van der Waals surface area contributed by atoms with Gasteiger partial charge in [-0.3, -0.25) is 4.90 Å². The second-order valence-corrected chi connectivity index (χ2v) is 14.4. The van der Waals surface area contributed by atoms with Crippen molar-refractivity contribution in [2.24, 2.45) is 0 Å². The highest BCUT2D eigenvalue weighted by Gasteiger charge is 2.49. The first-order valence-electron chi connectivity index (χ1n) is 17.3. The van der Waals surface area contributed by atoms with E-state index in [1.54, 1.807) is 12.1 Å². The van der Waals surface area contributed by atoms with Crippen LogP contribution in [0.5, 0.6) is 11.8 Å². The number of hydrogen-bond acceptors (Lipinski definition) is 8. The lowest BCUT2D eigenvalue weighted by Gasteiger charge is -2.35. The summed E-state index contributed by atoms with van der Waals surface area (Å²) < 4.78 is 44.3. The smallest absolute Gasteiger partial charge is 0.319 e. The molecule has 4 aromatic rings. The second kappa shape index (κ2) is 11.5. The fraction of sp³-hybridized carbons (Fsp3) is 0.514. The Bertz CT molecular complexity index is 1840. The van der Waals surface area contributed by atoms with Gasteiger partial charge in [0, 0.05) is 62.3 Å². The molecule has 2 N–H and O–H groups in total. The number of piperazine rings is 1. The molecule has 0 aliphatic carbocycles. The summed E-state index contributed by atoms with van der Waals surface area (Å²) in [5, 5.41) is 16.9. The highest BCUT2D eigenvalue weighted by molar-refractivity contribution is 6.02. The lowest BCUT2D eigenvalue weighted by molar-refractivity contribution is 0.0854. The number of rotatable bonds is 6. The van der Waals surface area contributed by atoms with Crippen LogP contribution in [0.15, 0.2) is 42.5 Å². The average molecular weight is 642 g/mol. The predicted molar refractivity (Wildman–Crippen MR) is 178 cm³/mol. The Labute approximate surface area is 273 Å². The molecule has 0 radical (unpaired) electrons. The van der Waals surface area contributed by atoms with Gasteiger partial charge in [0.15, 0.2) is 5.82 Å². The minimum absolute atomic E-state index is 0.0743. The van der Waals surface area contributed by atoms with Gasteiger partial charge in [-0.15, -0.1) is 0 Å². The number of ether oxygens (including phenoxy) is 2. The van der Waals surface area contributed by atoms with Crippen molar-refractivity contribution in [3.63, 3.8) is 0 Å². The first-order valence-corrected chi connectivity index (χ1v) is 17.3. The Hall–Kier alpha value is -3.60. The molecule has 8 nitrogen and oxygen atoms in total. The van der Waals surface area contributed by atoms with Crippen molar-refractivity contribution in [1.29, 1.82) is 0 Å². The summed E-state index contributed by atoms with van der Waals surface area (Å²) in [6, 6.07) is 14.1. The largest absolute Gasteiger partial charge is 0.508 e. The number of fused-ring (bicyclic) bond motifs is 5. The van der Waals surface area contributed by atoms with Crippen LogP contribution in [0.25, 0.3) is 32.8 Å². The van der Waals surface area contributed by atoms with Gasteiger partial charge in [-0.1, -0.05) is 24.3 Å². The summed E-state index contributed by atoms with van der Waals surface area (Å²) in [7, 11) is 0. The third-order valence-electron chi connectivity index (χ3n) is 11.4. The van der Waals surface area contributed by atoms with Crippen molar-refractivity contribution >= 4 is 27.5 Å². The molecule has 5 fully saturated rings. The summed E-state index contributed by atoms with van der Waals surface area (Å²) in [5.41, 5.74) is 1.84. The van der Waals surface area contributed by atoms with Gasteiger partial charge < -0.3 is 24.8 Å². The van der Waals surface area contributed by atoms with Crippen molar-refractivity contribution < 1.29 is 23.4 Å². The van der Waals surface area contributed by atoms with E-state index in [1.807, 2.05) is 24.3 Å². The van der Waals surface area contributed by atoms with Crippen molar-refractivity contribution in [3.8, 4) is 22.9 Å². The third-order valence-corrected chi connectivity index (χ3v) is 11.4. The van der Waals surface area contributed by atoms with Gasteiger partial charge in [-0.25, -0.2) is 8.78 Å². The predicted octanol–water partition coefficient (Wildman–Crippen LogP) is 6.08. The molecule has 0 spiro atoms. The van der Waals surface area contributed by atoms with E-state index in [1.165, 1.54) is 0 Å². The van der Waals surface area contributed by atoms with E-state index in [-0.39, 0.29) is 35.3 Å². The number of halogens is 2. The Morgan fingerprint density at radius 3 is 2.64 bits per heavy atom. The fourth-order valence-corrected chi connectivity index (χ4v) is 9.24. The Balaban J connectivity index is 1.24. The van der Waals surface area contributed by atoms with Gasteiger partial charge >= 0.3 is 6.01 Å². The quantitative estimate of drug-likeness (QED) is 0.262. The third kappa shape index (κ3) is 5.11. The van der Waals surface area contributed by atoms with Crippen LogP contribution in [0.4, 0.5) is 14.6 Å². The van der Waals surface area contributed by atoms with Crippen molar-refractivity contribution in [2.75, 3.05) is 50.9 Å². The summed E-state index contributed by atoms with van der Waals surface area (Å²) >= 11 is 0. The van der Waals surface area contributed by atoms with Gasteiger partial charge in [-0.2, -0.15) is 9.97 Å². The lowest BCUT2D eigenvalue weighted by Crippen LogP contribution is -2.51. The zero-order chi connectivity index (χ0) is 31.7. The van der Waals surface area contributed by atoms with E-state index < -0.39 is 12.0 Å². The number of hydrogen-bond donors (Lipinski definition) is 2. The van der Waals surface area contributed by atoms with Crippen LogP contribution >= 0.6 is 0 Å². The molecular formula is C37H41F2N5O3. The zero-order valence-corrected chi connectivity index (χ0v) is 26.6. The van der Waals surface area contributed by atoms with Crippen LogP contribution in [0, 0.1) is 5.82 Å².